The lowest BCUT2D eigenvalue weighted by molar-refractivity contribution is 0.214. The fourth-order valence-electron chi connectivity index (χ4n) is 3.41. The van der Waals surface area contributed by atoms with E-state index in [0.717, 1.165) is 33.7 Å². The standard InChI is InChI=1S/C17H20BrN5O4S3/c18-11-5-1-2-6-12(11)19-15-16(22-29-21-15)20-13-9-28-17(14(13)25)30(26,27)23-7-3-4-10(23)8-24/h1-2,5-6,10,13,24-25H,3-4,7-9H2,(H,19,21)(H,20,22). The molecule has 2 unspecified atom stereocenters. The Kier molecular flexibility index (Phi) is 6.55. The predicted molar refractivity (Wildman–Crippen MR) is 123 cm³/mol. The smallest absolute Gasteiger partial charge is 0.252 e. The highest BCUT2D eigenvalue weighted by atomic mass is 79.9. The van der Waals surface area contributed by atoms with Gasteiger partial charge in [-0.15, -0.1) is 11.8 Å². The lowest BCUT2D eigenvalue weighted by Crippen LogP contribution is -2.38. The fourth-order valence-corrected chi connectivity index (χ4v) is 7.76. The molecule has 0 aliphatic carbocycles. The molecule has 162 valence electrons. The number of nitrogens with one attached hydrogen (secondary N) is 2. The van der Waals surface area contributed by atoms with Crippen LogP contribution in [0.3, 0.4) is 0 Å². The minimum Gasteiger partial charge on any atom is -0.508 e. The molecule has 2 atom stereocenters. The van der Waals surface area contributed by atoms with Crippen LogP contribution in [0.2, 0.25) is 0 Å². The van der Waals surface area contributed by atoms with Crippen molar-refractivity contribution in [2.24, 2.45) is 0 Å². The van der Waals surface area contributed by atoms with Gasteiger partial charge in [0.2, 0.25) is 0 Å². The zero-order valence-corrected chi connectivity index (χ0v) is 19.7. The first kappa shape index (κ1) is 21.8. The van der Waals surface area contributed by atoms with E-state index in [0.29, 0.717) is 36.8 Å². The van der Waals surface area contributed by atoms with Crippen molar-refractivity contribution in [3.63, 3.8) is 0 Å². The second-order valence-electron chi connectivity index (χ2n) is 6.84. The second-order valence-corrected chi connectivity index (χ2v) is 11.3. The number of sulfonamides is 1. The number of anilines is 3. The van der Waals surface area contributed by atoms with E-state index in [9.17, 15) is 18.6 Å². The van der Waals surface area contributed by atoms with E-state index in [1.54, 1.807) is 0 Å². The highest BCUT2D eigenvalue weighted by Crippen LogP contribution is 2.40. The third kappa shape index (κ3) is 4.18. The molecule has 13 heteroatoms. The minimum atomic E-state index is -3.85. The van der Waals surface area contributed by atoms with Gasteiger partial charge < -0.3 is 20.8 Å². The maximum absolute atomic E-state index is 13.0. The molecule has 1 aromatic carbocycles. The van der Waals surface area contributed by atoms with Crippen LogP contribution in [-0.2, 0) is 10.0 Å². The van der Waals surface area contributed by atoms with Crippen LogP contribution in [0.5, 0.6) is 0 Å². The zero-order chi connectivity index (χ0) is 21.3. The van der Waals surface area contributed by atoms with Crippen molar-refractivity contribution >= 4 is 66.8 Å². The van der Waals surface area contributed by atoms with Crippen LogP contribution in [-0.4, -0.2) is 62.7 Å². The van der Waals surface area contributed by atoms with E-state index in [2.05, 4.69) is 35.3 Å². The summed E-state index contributed by atoms with van der Waals surface area (Å²) >= 11 is 5.56. The number of rotatable bonds is 7. The van der Waals surface area contributed by atoms with Gasteiger partial charge >= 0.3 is 0 Å². The van der Waals surface area contributed by atoms with Gasteiger partial charge in [-0.1, -0.05) is 12.1 Å². The van der Waals surface area contributed by atoms with Crippen LogP contribution in [0.1, 0.15) is 12.8 Å². The Bertz CT molecular complexity index is 1060. The molecule has 0 saturated carbocycles. The fraction of sp³-hybridized carbons (Fsp3) is 0.412. The third-order valence-corrected chi connectivity index (χ3v) is 9.88. The Balaban J connectivity index is 1.53. The minimum absolute atomic E-state index is 0.0659. The van der Waals surface area contributed by atoms with Crippen molar-refractivity contribution in [3.05, 3.63) is 38.7 Å². The number of halogens is 1. The zero-order valence-electron chi connectivity index (χ0n) is 15.7. The van der Waals surface area contributed by atoms with Crippen LogP contribution in [0.4, 0.5) is 17.3 Å². The molecule has 0 spiro atoms. The van der Waals surface area contributed by atoms with E-state index < -0.39 is 22.1 Å². The summed E-state index contributed by atoms with van der Waals surface area (Å²) in [6, 6.07) is 6.51. The number of benzene rings is 1. The van der Waals surface area contributed by atoms with Gasteiger partial charge in [0.25, 0.3) is 10.0 Å². The summed E-state index contributed by atoms with van der Waals surface area (Å²) in [5.41, 5.74) is 0.807. The van der Waals surface area contributed by atoms with E-state index in [4.69, 9.17) is 0 Å². The van der Waals surface area contributed by atoms with Gasteiger partial charge in [0.05, 0.1) is 30.1 Å². The Morgan fingerprint density at radius 3 is 2.80 bits per heavy atom. The van der Waals surface area contributed by atoms with Gasteiger partial charge in [-0.05, 0) is 40.9 Å². The van der Waals surface area contributed by atoms with Crippen molar-refractivity contribution in [3.8, 4) is 0 Å². The third-order valence-electron chi connectivity index (χ3n) is 4.92. The van der Waals surface area contributed by atoms with Crippen LogP contribution in [0.25, 0.3) is 0 Å². The van der Waals surface area contributed by atoms with Gasteiger partial charge in [0.15, 0.2) is 15.9 Å². The summed E-state index contributed by atoms with van der Waals surface area (Å²) in [4.78, 5) is 0. The van der Waals surface area contributed by atoms with Gasteiger partial charge in [0, 0.05) is 22.8 Å². The largest absolute Gasteiger partial charge is 0.508 e. The number of nitrogens with zero attached hydrogens (tertiary/aromatic N) is 3. The Hall–Kier alpha value is -1.38. The van der Waals surface area contributed by atoms with Gasteiger partial charge in [-0.2, -0.15) is 13.1 Å². The Labute approximate surface area is 191 Å². The van der Waals surface area contributed by atoms with E-state index >= 15 is 0 Å². The number of hydrogen-bond donors (Lipinski definition) is 4. The number of aliphatic hydroxyl groups excluding tert-OH is 2. The molecule has 2 aromatic rings. The summed E-state index contributed by atoms with van der Waals surface area (Å²) in [5, 5.41) is 26.4. The molecule has 30 heavy (non-hydrogen) atoms. The molecule has 3 heterocycles. The van der Waals surface area contributed by atoms with Crippen molar-refractivity contribution in [2.75, 3.05) is 29.5 Å². The molecule has 4 N–H and O–H groups in total. The molecule has 1 saturated heterocycles. The van der Waals surface area contributed by atoms with Crippen LogP contribution < -0.4 is 10.6 Å². The Morgan fingerprint density at radius 2 is 2.03 bits per heavy atom. The maximum atomic E-state index is 13.0. The normalized spacial score (nSPS) is 22.6. The average Bonchev–Trinajstić information content (AvgIpc) is 3.45. The number of thioether (sulfide) groups is 1. The summed E-state index contributed by atoms with van der Waals surface area (Å²) < 4.78 is 36.6. The summed E-state index contributed by atoms with van der Waals surface area (Å²) in [6.07, 6.45) is 1.31. The average molecular weight is 534 g/mol. The summed E-state index contributed by atoms with van der Waals surface area (Å²) in [7, 11) is -3.85. The summed E-state index contributed by atoms with van der Waals surface area (Å²) in [6.45, 7) is 0.118. The van der Waals surface area contributed by atoms with Crippen molar-refractivity contribution in [1.29, 1.82) is 0 Å². The molecule has 0 radical (unpaired) electrons. The molecular weight excluding hydrogens is 514 g/mol. The number of hydrogen-bond acceptors (Lipinski definition) is 10. The van der Waals surface area contributed by atoms with Crippen LogP contribution in [0.15, 0.2) is 38.7 Å². The predicted octanol–water partition coefficient (Wildman–Crippen LogP) is 3.09. The second kappa shape index (κ2) is 9.01. The van der Waals surface area contributed by atoms with E-state index in [1.165, 1.54) is 4.31 Å². The van der Waals surface area contributed by atoms with Gasteiger partial charge in [-0.3, -0.25) is 0 Å². The Morgan fingerprint density at radius 1 is 1.27 bits per heavy atom. The molecule has 0 bridgehead atoms. The first-order valence-electron chi connectivity index (χ1n) is 9.21. The van der Waals surface area contributed by atoms with Crippen LogP contribution in [0, 0.1) is 0 Å². The number of para-hydroxylation sites is 1. The summed E-state index contributed by atoms with van der Waals surface area (Å²) in [5.74, 6) is 1.02. The molecule has 2 aliphatic rings. The SMILES string of the molecule is O=S(=O)(C1=C(O)C(Nc2nsnc2Nc2ccccc2Br)CS1)N1CCCC1CO. The molecule has 4 rings (SSSR count). The molecule has 0 amide bonds. The lowest BCUT2D eigenvalue weighted by atomic mass is 10.2. The molecule has 1 aromatic heterocycles. The molecule has 1 fully saturated rings. The number of aliphatic hydroxyl groups is 2. The quantitative estimate of drug-likeness (QED) is 0.424. The maximum Gasteiger partial charge on any atom is 0.252 e. The molecule has 2 aliphatic heterocycles. The van der Waals surface area contributed by atoms with Crippen molar-refractivity contribution < 1.29 is 18.6 Å². The lowest BCUT2D eigenvalue weighted by Gasteiger charge is -2.22. The van der Waals surface area contributed by atoms with Crippen molar-refractivity contribution in [1.82, 2.24) is 13.1 Å². The van der Waals surface area contributed by atoms with E-state index in [-0.39, 0.29) is 16.6 Å². The first-order valence-corrected chi connectivity index (χ1v) is 13.2. The van der Waals surface area contributed by atoms with Gasteiger partial charge in [0.1, 0.15) is 5.76 Å². The molecule has 9 nitrogen and oxygen atoms in total. The van der Waals surface area contributed by atoms with E-state index in [1.807, 2.05) is 24.3 Å². The van der Waals surface area contributed by atoms with Crippen LogP contribution >= 0.6 is 39.4 Å². The monoisotopic (exact) mass is 533 g/mol. The topological polar surface area (TPSA) is 128 Å². The van der Waals surface area contributed by atoms with Crippen molar-refractivity contribution in [2.45, 2.75) is 24.9 Å². The first-order chi connectivity index (χ1) is 14.4. The highest BCUT2D eigenvalue weighted by molar-refractivity contribution is 9.10. The molecular formula is C17H20BrN5O4S3. The number of aromatic nitrogens is 2. The highest BCUT2D eigenvalue weighted by Gasteiger charge is 2.42. The van der Waals surface area contributed by atoms with Gasteiger partial charge in [-0.25, -0.2) is 8.42 Å².